The third kappa shape index (κ3) is 3.72. The molecule has 0 fully saturated rings. The minimum atomic E-state index is -1.06. The molecule has 6 heteroatoms. The van der Waals surface area contributed by atoms with Crippen molar-refractivity contribution in [1.82, 2.24) is 9.97 Å². The van der Waals surface area contributed by atoms with Gasteiger partial charge in [-0.1, -0.05) is 12.1 Å². The van der Waals surface area contributed by atoms with Crippen molar-refractivity contribution in [2.45, 2.75) is 33.8 Å². The van der Waals surface area contributed by atoms with Crippen LogP contribution in [0.1, 0.15) is 28.2 Å². The van der Waals surface area contributed by atoms with Crippen LogP contribution in [0.4, 0.5) is 0 Å². The maximum Gasteiger partial charge on any atom is 0.308 e. The summed E-state index contributed by atoms with van der Waals surface area (Å²) in [6.07, 6.45) is -0.341. The minimum absolute atomic E-state index is 0.119. The Labute approximate surface area is 127 Å². The second-order valence-corrected chi connectivity index (χ2v) is 5.20. The van der Waals surface area contributed by atoms with Crippen LogP contribution in [0.15, 0.2) is 23.0 Å². The van der Waals surface area contributed by atoms with E-state index in [1.807, 2.05) is 32.0 Å². The van der Waals surface area contributed by atoms with Gasteiger partial charge in [0.1, 0.15) is 18.2 Å². The highest BCUT2D eigenvalue weighted by Gasteiger charge is 2.12. The Balaban J connectivity index is 2.19. The van der Waals surface area contributed by atoms with E-state index in [2.05, 4.69) is 9.97 Å². The van der Waals surface area contributed by atoms with E-state index in [9.17, 15) is 9.59 Å². The molecule has 0 saturated carbocycles. The second kappa shape index (κ2) is 6.43. The quantitative estimate of drug-likeness (QED) is 0.880. The molecule has 2 N–H and O–H groups in total. The van der Waals surface area contributed by atoms with Gasteiger partial charge in [0.2, 0.25) is 0 Å². The van der Waals surface area contributed by atoms with Gasteiger partial charge in [0.15, 0.2) is 0 Å². The van der Waals surface area contributed by atoms with Crippen molar-refractivity contribution in [3.63, 3.8) is 0 Å². The average Bonchev–Trinajstić information content (AvgIpc) is 2.43. The van der Waals surface area contributed by atoms with Gasteiger partial charge in [-0.05, 0) is 38.0 Å². The van der Waals surface area contributed by atoms with Crippen molar-refractivity contribution in [2.75, 3.05) is 0 Å². The summed E-state index contributed by atoms with van der Waals surface area (Å²) in [7, 11) is 0. The molecule has 0 atom stereocenters. The SMILES string of the molecule is Cc1ccc(C)c(OCc2nc(C)c(CC(=O)O)c(=O)[nH]2)c1. The highest BCUT2D eigenvalue weighted by atomic mass is 16.5. The third-order valence-electron chi connectivity index (χ3n) is 3.31. The second-order valence-electron chi connectivity index (χ2n) is 5.20. The number of rotatable bonds is 5. The van der Waals surface area contributed by atoms with E-state index in [-0.39, 0.29) is 18.6 Å². The summed E-state index contributed by atoms with van der Waals surface area (Å²) >= 11 is 0. The van der Waals surface area contributed by atoms with Gasteiger partial charge >= 0.3 is 5.97 Å². The fraction of sp³-hybridized carbons (Fsp3) is 0.312. The van der Waals surface area contributed by atoms with E-state index in [1.165, 1.54) is 0 Å². The predicted molar refractivity (Wildman–Crippen MR) is 81.2 cm³/mol. The summed E-state index contributed by atoms with van der Waals surface area (Å²) in [5.41, 5.74) is 2.21. The van der Waals surface area contributed by atoms with Crippen molar-refractivity contribution >= 4 is 5.97 Å². The Morgan fingerprint density at radius 1 is 1.32 bits per heavy atom. The zero-order chi connectivity index (χ0) is 16.3. The lowest BCUT2D eigenvalue weighted by molar-refractivity contribution is -0.136. The molecule has 0 amide bonds. The molecular formula is C16H18N2O4. The number of hydrogen-bond donors (Lipinski definition) is 2. The molecule has 2 rings (SSSR count). The molecule has 0 aliphatic carbocycles. The van der Waals surface area contributed by atoms with Gasteiger partial charge in [-0.25, -0.2) is 4.98 Å². The van der Waals surface area contributed by atoms with Crippen LogP contribution in [0, 0.1) is 20.8 Å². The van der Waals surface area contributed by atoms with E-state index in [1.54, 1.807) is 6.92 Å². The monoisotopic (exact) mass is 302 g/mol. The van der Waals surface area contributed by atoms with Gasteiger partial charge < -0.3 is 14.8 Å². The molecule has 1 aromatic heterocycles. The molecule has 22 heavy (non-hydrogen) atoms. The molecule has 0 aliphatic heterocycles. The predicted octanol–water partition coefficient (Wildman–Crippen LogP) is 1.90. The first-order valence-electron chi connectivity index (χ1n) is 6.87. The zero-order valence-electron chi connectivity index (χ0n) is 12.8. The third-order valence-corrected chi connectivity index (χ3v) is 3.31. The summed E-state index contributed by atoms with van der Waals surface area (Å²) in [5.74, 6) is 0.0437. The summed E-state index contributed by atoms with van der Waals surface area (Å²) < 4.78 is 5.69. The molecule has 6 nitrogen and oxygen atoms in total. The lowest BCUT2D eigenvalue weighted by Crippen LogP contribution is -2.22. The molecule has 2 aromatic rings. The average molecular weight is 302 g/mol. The number of carboxylic acid groups (broad SMARTS) is 1. The lowest BCUT2D eigenvalue weighted by Gasteiger charge is -2.10. The fourth-order valence-electron chi connectivity index (χ4n) is 2.11. The van der Waals surface area contributed by atoms with Crippen LogP contribution in [-0.2, 0) is 17.8 Å². The number of aromatic nitrogens is 2. The Morgan fingerprint density at radius 3 is 2.68 bits per heavy atom. The molecular weight excluding hydrogens is 284 g/mol. The summed E-state index contributed by atoms with van der Waals surface area (Å²) in [5, 5.41) is 8.79. The topological polar surface area (TPSA) is 92.3 Å². The first-order valence-corrected chi connectivity index (χ1v) is 6.87. The summed E-state index contributed by atoms with van der Waals surface area (Å²) in [6, 6.07) is 5.87. The van der Waals surface area contributed by atoms with Crippen molar-refractivity contribution < 1.29 is 14.6 Å². The number of aromatic amines is 1. The van der Waals surface area contributed by atoms with Crippen LogP contribution in [0.25, 0.3) is 0 Å². The van der Waals surface area contributed by atoms with Crippen molar-refractivity contribution in [2.24, 2.45) is 0 Å². The Hall–Kier alpha value is -2.63. The molecule has 1 aromatic carbocycles. The van der Waals surface area contributed by atoms with Crippen LogP contribution in [-0.4, -0.2) is 21.0 Å². The van der Waals surface area contributed by atoms with E-state index >= 15 is 0 Å². The smallest absolute Gasteiger partial charge is 0.308 e. The van der Waals surface area contributed by atoms with Crippen LogP contribution in [0.3, 0.4) is 0 Å². The zero-order valence-corrected chi connectivity index (χ0v) is 12.8. The van der Waals surface area contributed by atoms with Gasteiger partial charge in [0, 0.05) is 11.3 Å². The molecule has 0 aliphatic rings. The molecule has 0 unspecified atom stereocenters. The maximum absolute atomic E-state index is 11.9. The Morgan fingerprint density at radius 2 is 2.05 bits per heavy atom. The number of hydrogen-bond acceptors (Lipinski definition) is 4. The number of carboxylic acids is 1. The van der Waals surface area contributed by atoms with E-state index in [0.29, 0.717) is 11.5 Å². The number of nitrogens with one attached hydrogen (secondary N) is 1. The molecule has 116 valence electrons. The normalized spacial score (nSPS) is 10.5. The molecule has 0 radical (unpaired) electrons. The number of benzene rings is 1. The van der Waals surface area contributed by atoms with Crippen LogP contribution >= 0.6 is 0 Å². The first kappa shape index (κ1) is 15.8. The van der Waals surface area contributed by atoms with Gasteiger partial charge in [0.05, 0.1) is 6.42 Å². The van der Waals surface area contributed by atoms with Gasteiger partial charge in [-0.2, -0.15) is 0 Å². The van der Waals surface area contributed by atoms with Crippen molar-refractivity contribution in [1.29, 1.82) is 0 Å². The fourth-order valence-corrected chi connectivity index (χ4v) is 2.11. The first-order chi connectivity index (χ1) is 10.4. The summed E-state index contributed by atoms with van der Waals surface area (Å²) in [4.78, 5) is 29.4. The largest absolute Gasteiger partial charge is 0.485 e. The Bertz CT molecular complexity index is 765. The summed E-state index contributed by atoms with van der Waals surface area (Å²) in [6.45, 7) is 5.64. The number of H-pyrrole nitrogens is 1. The maximum atomic E-state index is 11.9. The van der Waals surface area contributed by atoms with E-state index in [4.69, 9.17) is 9.84 Å². The molecule has 0 spiro atoms. The van der Waals surface area contributed by atoms with E-state index in [0.717, 1.165) is 16.9 Å². The standard InChI is InChI=1S/C16H18N2O4/c1-9-4-5-10(2)13(6-9)22-8-14-17-11(3)12(7-15(19)20)16(21)18-14/h4-6H,7-8H2,1-3H3,(H,19,20)(H,17,18,21). The minimum Gasteiger partial charge on any atom is -0.485 e. The van der Waals surface area contributed by atoms with Crippen molar-refractivity contribution in [3.05, 3.63) is 56.8 Å². The van der Waals surface area contributed by atoms with Gasteiger partial charge in [-0.3, -0.25) is 9.59 Å². The highest BCUT2D eigenvalue weighted by molar-refractivity contribution is 5.70. The number of aryl methyl sites for hydroxylation is 3. The molecule has 0 saturated heterocycles. The molecule has 1 heterocycles. The number of aliphatic carboxylic acids is 1. The number of carbonyl (C=O) groups is 1. The number of nitrogens with zero attached hydrogens (tertiary/aromatic N) is 1. The van der Waals surface area contributed by atoms with Gasteiger partial charge in [0.25, 0.3) is 5.56 Å². The van der Waals surface area contributed by atoms with E-state index < -0.39 is 11.5 Å². The molecule has 0 bridgehead atoms. The van der Waals surface area contributed by atoms with Crippen LogP contribution in [0.2, 0.25) is 0 Å². The van der Waals surface area contributed by atoms with Crippen LogP contribution in [0.5, 0.6) is 5.75 Å². The highest BCUT2D eigenvalue weighted by Crippen LogP contribution is 2.19. The van der Waals surface area contributed by atoms with Crippen molar-refractivity contribution in [3.8, 4) is 5.75 Å². The Kier molecular flexibility index (Phi) is 4.60. The number of ether oxygens (including phenoxy) is 1. The van der Waals surface area contributed by atoms with Crippen LogP contribution < -0.4 is 10.3 Å². The lowest BCUT2D eigenvalue weighted by atomic mass is 10.1. The van der Waals surface area contributed by atoms with Gasteiger partial charge in [-0.15, -0.1) is 0 Å².